The summed E-state index contributed by atoms with van der Waals surface area (Å²) in [5.41, 5.74) is 8.25. The number of carboxylic acids is 1. The summed E-state index contributed by atoms with van der Waals surface area (Å²) < 4.78 is 1.62. The van der Waals surface area contributed by atoms with Gasteiger partial charge in [-0.15, -0.1) is 0 Å². The molecule has 0 atom stereocenters. The van der Waals surface area contributed by atoms with Crippen LogP contribution >= 0.6 is 23.2 Å². The van der Waals surface area contributed by atoms with Crippen molar-refractivity contribution in [3.63, 3.8) is 0 Å². The maximum atomic E-state index is 11.5. The lowest BCUT2D eigenvalue weighted by Crippen LogP contribution is -2.72. The number of aryl methyl sites for hydroxylation is 1. The van der Waals surface area contributed by atoms with Gasteiger partial charge in [-0.3, -0.25) is 4.79 Å². The number of aliphatic carboxylic acids is 1. The van der Waals surface area contributed by atoms with E-state index < -0.39 is 11.5 Å². The number of anilines is 1. The first kappa shape index (κ1) is 20.7. The number of nitrogens with two attached hydrogens (primary N) is 1. The Morgan fingerprint density at radius 3 is 2.44 bits per heavy atom. The largest absolute Gasteiger partial charge is 0.480 e. The van der Waals surface area contributed by atoms with Gasteiger partial charge in [-0.2, -0.15) is 14.6 Å². The number of aromatic nitrogens is 4. The normalized spacial score (nSPS) is 15.1. The van der Waals surface area contributed by atoms with E-state index in [1.807, 2.05) is 30.3 Å². The van der Waals surface area contributed by atoms with Crippen molar-refractivity contribution in [2.45, 2.75) is 12.5 Å². The van der Waals surface area contributed by atoms with Crippen molar-refractivity contribution in [3.05, 3.63) is 64.4 Å². The molecule has 0 bridgehead atoms. The van der Waals surface area contributed by atoms with Crippen LogP contribution in [-0.2, 0) is 4.79 Å². The topological polar surface area (TPSA) is 110 Å². The SMILES string of the molecule is Cc1nc(N2CC(N)(C(=O)O)C2)n2nc(-c3ccccc3Cl)c(-c3ccc(Cl)cc3)c2n1. The Kier molecular flexibility index (Phi) is 4.81. The van der Waals surface area contributed by atoms with E-state index in [1.165, 1.54) is 0 Å². The van der Waals surface area contributed by atoms with Gasteiger partial charge in [-0.25, -0.2) is 4.98 Å². The van der Waals surface area contributed by atoms with E-state index in [-0.39, 0.29) is 13.1 Å². The van der Waals surface area contributed by atoms with Gasteiger partial charge in [-0.1, -0.05) is 53.5 Å². The standard InChI is InChI=1S/C22H18Cl2N6O2/c1-12-26-19-17(13-6-8-14(23)9-7-13)18(15-4-2-3-5-16(15)24)28-30(19)21(27-12)29-10-22(25,11-29)20(31)32/h2-9H,10-11,25H2,1H3,(H,31,32). The molecule has 4 aromatic rings. The lowest BCUT2D eigenvalue weighted by atomic mass is 9.92. The monoisotopic (exact) mass is 468 g/mol. The van der Waals surface area contributed by atoms with Gasteiger partial charge in [0, 0.05) is 10.6 Å². The zero-order valence-electron chi connectivity index (χ0n) is 17.0. The Bertz CT molecular complexity index is 1360. The Morgan fingerprint density at radius 2 is 1.78 bits per heavy atom. The fourth-order valence-electron chi connectivity index (χ4n) is 3.86. The highest BCUT2D eigenvalue weighted by atomic mass is 35.5. The summed E-state index contributed by atoms with van der Waals surface area (Å²) in [6.07, 6.45) is 0. The highest BCUT2D eigenvalue weighted by molar-refractivity contribution is 6.33. The van der Waals surface area contributed by atoms with Crippen LogP contribution in [0.4, 0.5) is 5.95 Å². The Balaban J connectivity index is 1.76. The predicted octanol–water partition coefficient (Wildman–Crippen LogP) is 3.68. The maximum absolute atomic E-state index is 11.5. The van der Waals surface area contributed by atoms with Gasteiger partial charge in [-0.05, 0) is 30.7 Å². The molecule has 1 aliphatic rings. The number of nitrogens with zero attached hydrogens (tertiary/aromatic N) is 5. The molecular formula is C22H18Cl2N6O2. The van der Waals surface area contributed by atoms with Crippen molar-refractivity contribution in [2.75, 3.05) is 18.0 Å². The van der Waals surface area contributed by atoms with Crippen LogP contribution in [0.3, 0.4) is 0 Å². The van der Waals surface area contributed by atoms with Gasteiger partial charge in [0.15, 0.2) is 5.65 Å². The van der Waals surface area contributed by atoms with Crippen LogP contribution in [0.1, 0.15) is 5.82 Å². The minimum absolute atomic E-state index is 0.117. The number of halogens is 2. The Hall–Kier alpha value is -3.20. The van der Waals surface area contributed by atoms with E-state index in [9.17, 15) is 9.90 Å². The zero-order valence-corrected chi connectivity index (χ0v) is 18.5. The molecule has 3 heterocycles. The van der Waals surface area contributed by atoms with E-state index in [2.05, 4.69) is 9.97 Å². The average molecular weight is 469 g/mol. The molecule has 0 spiro atoms. The van der Waals surface area contributed by atoms with Gasteiger partial charge < -0.3 is 15.7 Å². The molecule has 0 saturated carbocycles. The Morgan fingerprint density at radius 1 is 1.09 bits per heavy atom. The van der Waals surface area contributed by atoms with Gasteiger partial charge in [0.05, 0.1) is 23.7 Å². The molecule has 1 saturated heterocycles. The second kappa shape index (κ2) is 7.44. The lowest BCUT2D eigenvalue weighted by Gasteiger charge is -2.44. The number of hydrogen-bond acceptors (Lipinski definition) is 6. The molecule has 1 aliphatic heterocycles. The molecule has 32 heavy (non-hydrogen) atoms. The summed E-state index contributed by atoms with van der Waals surface area (Å²) in [6, 6.07) is 14.8. The third kappa shape index (κ3) is 3.28. The second-order valence-electron chi connectivity index (χ2n) is 7.83. The highest BCUT2D eigenvalue weighted by Crippen LogP contribution is 2.39. The second-order valence-corrected chi connectivity index (χ2v) is 8.68. The molecule has 2 aromatic carbocycles. The number of fused-ring (bicyclic) bond motifs is 1. The van der Waals surface area contributed by atoms with E-state index in [0.717, 1.165) is 16.7 Å². The molecule has 0 amide bonds. The van der Waals surface area contributed by atoms with Gasteiger partial charge in [0.25, 0.3) is 0 Å². The molecule has 5 rings (SSSR count). The van der Waals surface area contributed by atoms with Gasteiger partial charge >= 0.3 is 5.97 Å². The number of benzene rings is 2. The third-order valence-corrected chi connectivity index (χ3v) is 6.08. The van der Waals surface area contributed by atoms with E-state index in [1.54, 1.807) is 34.5 Å². The first-order valence-electron chi connectivity index (χ1n) is 9.82. The first-order chi connectivity index (χ1) is 15.3. The van der Waals surface area contributed by atoms with Crippen LogP contribution in [0.15, 0.2) is 48.5 Å². The van der Waals surface area contributed by atoms with E-state index >= 15 is 0 Å². The van der Waals surface area contributed by atoms with Crippen molar-refractivity contribution in [3.8, 4) is 22.4 Å². The van der Waals surface area contributed by atoms with Crippen molar-refractivity contribution >= 4 is 40.8 Å². The van der Waals surface area contributed by atoms with Crippen LogP contribution in [0.5, 0.6) is 0 Å². The average Bonchev–Trinajstić information content (AvgIpc) is 3.10. The molecule has 162 valence electrons. The fraction of sp³-hybridized carbons (Fsp3) is 0.182. The third-order valence-electron chi connectivity index (χ3n) is 5.50. The molecule has 3 N–H and O–H groups in total. The van der Waals surface area contributed by atoms with Crippen molar-refractivity contribution in [1.29, 1.82) is 0 Å². The van der Waals surface area contributed by atoms with E-state index in [4.69, 9.17) is 34.0 Å². The fourth-order valence-corrected chi connectivity index (χ4v) is 4.21. The lowest BCUT2D eigenvalue weighted by molar-refractivity contribution is -0.144. The van der Waals surface area contributed by atoms with Crippen LogP contribution in [0.25, 0.3) is 28.0 Å². The number of rotatable bonds is 4. The molecule has 0 unspecified atom stereocenters. The van der Waals surface area contributed by atoms with Gasteiger partial charge in [0.1, 0.15) is 17.1 Å². The van der Waals surface area contributed by atoms with Crippen LogP contribution in [0.2, 0.25) is 10.0 Å². The number of hydrogen-bond donors (Lipinski definition) is 2. The molecule has 2 aromatic heterocycles. The first-order valence-corrected chi connectivity index (χ1v) is 10.6. The molecule has 0 aliphatic carbocycles. The van der Waals surface area contributed by atoms with Crippen LogP contribution < -0.4 is 10.6 Å². The summed E-state index contributed by atoms with van der Waals surface area (Å²) in [5.74, 6) is -0.0450. The quantitative estimate of drug-likeness (QED) is 0.469. The summed E-state index contributed by atoms with van der Waals surface area (Å²) in [5, 5.41) is 15.4. The summed E-state index contributed by atoms with van der Waals surface area (Å²) in [6.45, 7) is 2.01. The number of carboxylic acid groups (broad SMARTS) is 1. The molecule has 1 fully saturated rings. The van der Waals surface area contributed by atoms with Gasteiger partial charge in [0.2, 0.25) is 5.95 Å². The van der Waals surface area contributed by atoms with E-state index in [0.29, 0.717) is 33.2 Å². The highest BCUT2D eigenvalue weighted by Gasteiger charge is 2.48. The molecular weight excluding hydrogens is 451 g/mol. The maximum Gasteiger partial charge on any atom is 0.327 e. The predicted molar refractivity (Wildman–Crippen MR) is 123 cm³/mol. The summed E-state index contributed by atoms with van der Waals surface area (Å²) in [7, 11) is 0. The molecule has 10 heteroatoms. The zero-order chi connectivity index (χ0) is 22.6. The minimum atomic E-state index is -1.32. The van der Waals surface area contributed by atoms with Crippen molar-refractivity contribution in [2.24, 2.45) is 5.73 Å². The summed E-state index contributed by atoms with van der Waals surface area (Å²) >= 11 is 12.6. The van der Waals surface area contributed by atoms with Crippen LogP contribution in [-0.4, -0.2) is 49.3 Å². The molecule has 0 radical (unpaired) electrons. The summed E-state index contributed by atoms with van der Waals surface area (Å²) in [4.78, 5) is 22.5. The van der Waals surface area contributed by atoms with Crippen LogP contribution in [0, 0.1) is 6.92 Å². The minimum Gasteiger partial charge on any atom is -0.480 e. The smallest absolute Gasteiger partial charge is 0.327 e. The van der Waals surface area contributed by atoms with Crippen molar-refractivity contribution in [1.82, 2.24) is 19.6 Å². The van der Waals surface area contributed by atoms with Crippen molar-refractivity contribution < 1.29 is 9.90 Å². The Labute approximate surface area is 193 Å². The number of carbonyl (C=O) groups is 1. The molecule has 8 nitrogen and oxygen atoms in total.